The van der Waals surface area contributed by atoms with E-state index in [-0.39, 0.29) is 6.03 Å². The molecule has 0 aromatic heterocycles. The maximum atomic E-state index is 13.1. The predicted molar refractivity (Wildman–Crippen MR) is 94.1 cm³/mol. The lowest BCUT2D eigenvalue weighted by Gasteiger charge is -2.37. The second-order valence-corrected chi connectivity index (χ2v) is 5.71. The van der Waals surface area contributed by atoms with Crippen LogP contribution in [0.2, 0.25) is 0 Å². The third-order valence-electron chi connectivity index (χ3n) is 4.31. The van der Waals surface area contributed by atoms with Gasteiger partial charge >= 0.3 is 6.03 Å². The first kappa shape index (κ1) is 15.6. The highest BCUT2D eigenvalue weighted by Gasteiger charge is 2.26. The Morgan fingerprint density at radius 3 is 1.78 bits per heavy atom. The van der Waals surface area contributed by atoms with E-state index in [9.17, 15) is 4.79 Å². The van der Waals surface area contributed by atoms with E-state index in [2.05, 4.69) is 11.8 Å². The van der Waals surface area contributed by atoms with Crippen molar-refractivity contribution in [1.82, 2.24) is 9.80 Å². The van der Waals surface area contributed by atoms with Crippen molar-refractivity contribution < 1.29 is 4.79 Å². The Hall–Kier alpha value is -2.33. The van der Waals surface area contributed by atoms with Crippen molar-refractivity contribution >= 4 is 17.4 Å². The lowest BCUT2D eigenvalue weighted by molar-refractivity contribution is 0.149. The number of hydrogen-bond acceptors (Lipinski definition) is 2. The monoisotopic (exact) mass is 309 g/mol. The summed E-state index contributed by atoms with van der Waals surface area (Å²) >= 11 is 0. The lowest BCUT2D eigenvalue weighted by atomic mass is 10.2. The number of para-hydroxylation sites is 2. The molecule has 3 rings (SSSR count). The summed E-state index contributed by atoms with van der Waals surface area (Å²) in [5, 5.41) is 0. The molecular weight excluding hydrogens is 286 g/mol. The third kappa shape index (κ3) is 3.54. The molecule has 4 nitrogen and oxygen atoms in total. The van der Waals surface area contributed by atoms with Crippen molar-refractivity contribution in [3.8, 4) is 0 Å². The topological polar surface area (TPSA) is 26.8 Å². The van der Waals surface area contributed by atoms with Crippen LogP contribution in [0.1, 0.15) is 6.92 Å². The van der Waals surface area contributed by atoms with E-state index in [1.165, 1.54) is 0 Å². The van der Waals surface area contributed by atoms with Gasteiger partial charge in [0.1, 0.15) is 0 Å². The maximum Gasteiger partial charge on any atom is 0.329 e. The molecule has 2 amide bonds. The predicted octanol–water partition coefficient (Wildman–Crippen LogP) is 3.58. The van der Waals surface area contributed by atoms with E-state index >= 15 is 0 Å². The summed E-state index contributed by atoms with van der Waals surface area (Å²) in [6, 6.07) is 19.8. The summed E-state index contributed by atoms with van der Waals surface area (Å²) in [7, 11) is 0. The summed E-state index contributed by atoms with van der Waals surface area (Å²) in [5.74, 6) is 0. The number of anilines is 2. The van der Waals surface area contributed by atoms with Gasteiger partial charge in [-0.15, -0.1) is 0 Å². The van der Waals surface area contributed by atoms with Crippen molar-refractivity contribution in [1.29, 1.82) is 0 Å². The second kappa shape index (κ2) is 7.29. The molecule has 0 radical (unpaired) electrons. The first-order chi connectivity index (χ1) is 11.3. The molecule has 1 heterocycles. The van der Waals surface area contributed by atoms with Gasteiger partial charge in [-0.3, -0.25) is 4.90 Å². The van der Waals surface area contributed by atoms with Crippen molar-refractivity contribution in [2.45, 2.75) is 6.92 Å². The van der Waals surface area contributed by atoms with E-state index < -0.39 is 0 Å². The van der Waals surface area contributed by atoms with Crippen molar-refractivity contribution in [2.24, 2.45) is 0 Å². The van der Waals surface area contributed by atoms with Crippen LogP contribution >= 0.6 is 0 Å². The maximum absolute atomic E-state index is 13.1. The van der Waals surface area contributed by atoms with Gasteiger partial charge in [0.05, 0.1) is 11.4 Å². The van der Waals surface area contributed by atoms with Gasteiger partial charge in [-0.05, 0) is 30.8 Å². The van der Waals surface area contributed by atoms with Crippen molar-refractivity contribution in [3.63, 3.8) is 0 Å². The number of carbonyl (C=O) groups is 1. The van der Waals surface area contributed by atoms with Gasteiger partial charge in [-0.1, -0.05) is 43.3 Å². The summed E-state index contributed by atoms with van der Waals surface area (Å²) < 4.78 is 0. The highest BCUT2D eigenvalue weighted by atomic mass is 16.2. The number of rotatable bonds is 3. The molecule has 0 bridgehead atoms. The largest absolute Gasteiger partial charge is 0.329 e. The molecule has 1 aliphatic rings. The number of nitrogens with zero attached hydrogens (tertiary/aromatic N) is 3. The molecule has 1 saturated heterocycles. The van der Waals surface area contributed by atoms with E-state index in [0.717, 1.165) is 44.1 Å². The minimum absolute atomic E-state index is 0.0538. The first-order valence-corrected chi connectivity index (χ1v) is 8.21. The van der Waals surface area contributed by atoms with Crippen LogP contribution in [0.25, 0.3) is 0 Å². The van der Waals surface area contributed by atoms with Crippen LogP contribution in [0.5, 0.6) is 0 Å². The Balaban J connectivity index is 1.86. The highest BCUT2D eigenvalue weighted by Crippen LogP contribution is 2.26. The molecular formula is C19H23N3O. The van der Waals surface area contributed by atoms with Gasteiger partial charge in [0, 0.05) is 26.2 Å². The number of urea groups is 1. The number of piperazine rings is 1. The standard InChI is InChI=1S/C19H23N3O/c1-2-20-13-15-21(16-14-20)19(23)22(17-9-5-3-6-10-17)18-11-7-4-8-12-18/h3-12H,2,13-16H2,1H3. The summed E-state index contributed by atoms with van der Waals surface area (Å²) in [6.45, 7) is 6.66. The minimum atomic E-state index is 0.0538. The minimum Gasteiger partial charge on any atom is -0.321 e. The molecule has 120 valence electrons. The van der Waals surface area contributed by atoms with Gasteiger partial charge in [-0.25, -0.2) is 4.79 Å². The van der Waals surface area contributed by atoms with Gasteiger partial charge in [0.15, 0.2) is 0 Å². The fraction of sp³-hybridized carbons (Fsp3) is 0.316. The van der Waals surface area contributed by atoms with Crippen LogP contribution in [-0.4, -0.2) is 48.6 Å². The van der Waals surface area contributed by atoms with Crippen LogP contribution in [0.4, 0.5) is 16.2 Å². The Labute approximate surface area is 137 Å². The molecule has 2 aromatic carbocycles. The molecule has 0 saturated carbocycles. The average molecular weight is 309 g/mol. The summed E-state index contributed by atoms with van der Waals surface area (Å²) in [6.07, 6.45) is 0. The highest BCUT2D eigenvalue weighted by molar-refractivity contribution is 5.99. The van der Waals surface area contributed by atoms with Gasteiger partial charge in [-0.2, -0.15) is 0 Å². The molecule has 4 heteroatoms. The molecule has 0 aliphatic carbocycles. The third-order valence-corrected chi connectivity index (χ3v) is 4.31. The van der Waals surface area contributed by atoms with E-state index in [1.807, 2.05) is 70.5 Å². The zero-order valence-electron chi connectivity index (χ0n) is 13.6. The fourth-order valence-corrected chi connectivity index (χ4v) is 2.92. The number of hydrogen-bond donors (Lipinski definition) is 0. The fourth-order valence-electron chi connectivity index (χ4n) is 2.92. The molecule has 1 fully saturated rings. The number of benzene rings is 2. The van der Waals surface area contributed by atoms with Crippen molar-refractivity contribution in [2.75, 3.05) is 37.6 Å². The Morgan fingerprint density at radius 2 is 1.35 bits per heavy atom. The van der Waals surface area contributed by atoms with Crippen molar-refractivity contribution in [3.05, 3.63) is 60.7 Å². The molecule has 2 aromatic rings. The average Bonchev–Trinajstić information content (AvgIpc) is 2.64. The molecule has 1 aliphatic heterocycles. The molecule has 0 atom stereocenters. The molecule has 23 heavy (non-hydrogen) atoms. The quantitative estimate of drug-likeness (QED) is 0.866. The number of carbonyl (C=O) groups excluding carboxylic acids is 1. The summed E-state index contributed by atoms with van der Waals surface area (Å²) in [5.41, 5.74) is 1.81. The molecule has 0 spiro atoms. The Bertz CT molecular complexity index is 582. The normalized spacial score (nSPS) is 15.4. The van der Waals surface area contributed by atoms with Gasteiger partial charge < -0.3 is 9.80 Å². The Morgan fingerprint density at radius 1 is 0.870 bits per heavy atom. The SMILES string of the molecule is CCN1CCN(C(=O)N(c2ccccc2)c2ccccc2)CC1. The van der Waals surface area contributed by atoms with Crippen LogP contribution in [-0.2, 0) is 0 Å². The van der Waals surface area contributed by atoms with E-state index in [0.29, 0.717) is 0 Å². The van der Waals surface area contributed by atoms with Gasteiger partial charge in [0.25, 0.3) is 0 Å². The zero-order chi connectivity index (χ0) is 16.1. The second-order valence-electron chi connectivity index (χ2n) is 5.71. The summed E-state index contributed by atoms with van der Waals surface area (Å²) in [4.78, 5) is 19.3. The van der Waals surface area contributed by atoms with Gasteiger partial charge in [0.2, 0.25) is 0 Å². The number of amides is 2. The smallest absolute Gasteiger partial charge is 0.321 e. The van der Waals surface area contributed by atoms with Crippen LogP contribution in [0.15, 0.2) is 60.7 Å². The van der Waals surface area contributed by atoms with E-state index in [1.54, 1.807) is 0 Å². The van der Waals surface area contributed by atoms with Crippen LogP contribution in [0.3, 0.4) is 0 Å². The van der Waals surface area contributed by atoms with E-state index in [4.69, 9.17) is 0 Å². The lowest BCUT2D eigenvalue weighted by Crippen LogP contribution is -2.51. The molecule has 0 unspecified atom stereocenters. The number of likely N-dealkylation sites (N-methyl/N-ethyl adjacent to an activating group) is 1. The Kier molecular flexibility index (Phi) is 4.93. The zero-order valence-corrected chi connectivity index (χ0v) is 13.6. The van der Waals surface area contributed by atoms with Crippen LogP contribution < -0.4 is 4.90 Å². The van der Waals surface area contributed by atoms with Crippen LogP contribution in [0, 0.1) is 0 Å². The first-order valence-electron chi connectivity index (χ1n) is 8.21. The molecule has 0 N–H and O–H groups in total.